The summed E-state index contributed by atoms with van der Waals surface area (Å²) in [5, 5.41) is 12.0. The maximum Gasteiger partial charge on any atom is 0.103 e. The number of hydrogen-bond donors (Lipinski definition) is 1. The maximum absolute atomic E-state index is 8.95. The summed E-state index contributed by atoms with van der Waals surface area (Å²) in [6, 6.07) is 3.15. The van der Waals surface area contributed by atoms with Gasteiger partial charge in [0.25, 0.3) is 0 Å². The Labute approximate surface area is 87.1 Å². The van der Waals surface area contributed by atoms with Crippen LogP contribution in [0.2, 0.25) is 0 Å². The number of rotatable bonds is 6. The van der Waals surface area contributed by atoms with Gasteiger partial charge in [0, 0.05) is 6.04 Å². The molecule has 1 fully saturated rings. The van der Waals surface area contributed by atoms with Gasteiger partial charge in [0.15, 0.2) is 0 Å². The Morgan fingerprint density at radius 3 is 2.64 bits per heavy atom. The molecule has 0 amide bonds. The smallest absolute Gasteiger partial charge is 0.103 e. The fourth-order valence-corrected chi connectivity index (χ4v) is 1.62. The third-order valence-corrected chi connectivity index (χ3v) is 3.16. The maximum atomic E-state index is 8.95. The normalized spacial score (nSPS) is 20.5. The van der Waals surface area contributed by atoms with Crippen LogP contribution in [0.25, 0.3) is 0 Å². The Morgan fingerprint density at radius 1 is 1.57 bits per heavy atom. The summed E-state index contributed by atoms with van der Waals surface area (Å²) in [5.74, 6) is 0. The molecule has 0 saturated heterocycles. The van der Waals surface area contributed by atoms with Crippen molar-refractivity contribution in [1.29, 1.82) is 5.26 Å². The van der Waals surface area contributed by atoms with Crippen LogP contribution in [0.5, 0.6) is 0 Å². The molecule has 1 rings (SSSR count). The van der Waals surface area contributed by atoms with E-state index in [4.69, 9.17) is 5.26 Å². The van der Waals surface area contributed by atoms with Crippen molar-refractivity contribution in [2.75, 3.05) is 20.6 Å². The van der Waals surface area contributed by atoms with Crippen LogP contribution < -0.4 is 5.32 Å². The second-order valence-corrected chi connectivity index (χ2v) is 4.51. The van der Waals surface area contributed by atoms with E-state index in [9.17, 15) is 0 Å². The Hall–Kier alpha value is -0.590. The standard InChI is InChI=1S/C11H21N3/c1-11(9-12,13-2)7-4-8-14(3)10-5-6-10/h10,13H,4-8H2,1-3H3. The summed E-state index contributed by atoms with van der Waals surface area (Å²) in [5.41, 5.74) is -0.343. The van der Waals surface area contributed by atoms with Gasteiger partial charge >= 0.3 is 0 Å². The van der Waals surface area contributed by atoms with E-state index in [2.05, 4.69) is 23.3 Å². The molecule has 0 aromatic rings. The number of nitriles is 1. The van der Waals surface area contributed by atoms with Crippen LogP contribution in [0.1, 0.15) is 32.6 Å². The van der Waals surface area contributed by atoms with Crippen molar-refractivity contribution in [2.24, 2.45) is 0 Å². The molecule has 80 valence electrons. The summed E-state index contributed by atoms with van der Waals surface area (Å²) in [6.45, 7) is 3.08. The van der Waals surface area contributed by atoms with Gasteiger partial charge in [-0.3, -0.25) is 0 Å². The number of nitrogens with zero attached hydrogens (tertiary/aromatic N) is 2. The molecule has 0 aliphatic heterocycles. The van der Waals surface area contributed by atoms with Crippen LogP contribution in [0.15, 0.2) is 0 Å². The largest absolute Gasteiger partial charge is 0.303 e. The summed E-state index contributed by atoms with van der Waals surface area (Å²) < 4.78 is 0. The molecule has 3 heteroatoms. The van der Waals surface area contributed by atoms with Gasteiger partial charge in [0.1, 0.15) is 5.54 Å². The molecule has 1 saturated carbocycles. The summed E-state index contributed by atoms with van der Waals surface area (Å²) >= 11 is 0. The van der Waals surface area contributed by atoms with Crippen LogP contribution in [0.3, 0.4) is 0 Å². The van der Waals surface area contributed by atoms with E-state index in [1.807, 2.05) is 14.0 Å². The summed E-state index contributed by atoms with van der Waals surface area (Å²) in [6.07, 6.45) is 4.74. The minimum absolute atomic E-state index is 0.343. The summed E-state index contributed by atoms with van der Waals surface area (Å²) in [7, 11) is 4.04. The second-order valence-electron chi connectivity index (χ2n) is 4.51. The topological polar surface area (TPSA) is 39.1 Å². The molecular weight excluding hydrogens is 174 g/mol. The van der Waals surface area contributed by atoms with E-state index in [1.165, 1.54) is 12.8 Å². The Morgan fingerprint density at radius 2 is 2.21 bits per heavy atom. The van der Waals surface area contributed by atoms with Gasteiger partial charge in [-0.1, -0.05) is 0 Å². The van der Waals surface area contributed by atoms with Gasteiger partial charge in [-0.25, -0.2) is 0 Å². The van der Waals surface area contributed by atoms with Gasteiger partial charge < -0.3 is 10.2 Å². The lowest BCUT2D eigenvalue weighted by Gasteiger charge is -2.22. The van der Waals surface area contributed by atoms with E-state index in [-0.39, 0.29) is 5.54 Å². The highest BCUT2D eigenvalue weighted by molar-refractivity contribution is 5.02. The van der Waals surface area contributed by atoms with Crippen molar-refractivity contribution in [3.8, 4) is 6.07 Å². The molecule has 0 radical (unpaired) electrons. The van der Waals surface area contributed by atoms with Gasteiger partial charge in [-0.05, 0) is 53.2 Å². The van der Waals surface area contributed by atoms with Gasteiger partial charge in [-0.2, -0.15) is 5.26 Å². The van der Waals surface area contributed by atoms with E-state index in [1.54, 1.807) is 0 Å². The molecular formula is C11H21N3. The molecule has 0 spiro atoms. The quantitative estimate of drug-likeness (QED) is 0.695. The fraction of sp³-hybridized carbons (Fsp3) is 0.909. The zero-order valence-corrected chi connectivity index (χ0v) is 9.51. The lowest BCUT2D eigenvalue weighted by atomic mass is 9.98. The van der Waals surface area contributed by atoms with Crippen molar-refractivity contribution in [3.63, 3.8) is 0 Å². The van der Waals surface area contributed by atoms with E-state index < -0.39 is 0 Å². The Kier molecular flexibility index (Phi) is 3.91. The fourth-order valence-electron chi connectivity index (χ4n) is 1.62. The first kappa shape index (κ1) is 11.5. The molecule has 1 aliphatic carbocycles. The van der Waals surface area contributed by atoms with E-state index >= 15 is 0 Å². The molecule has 0 aromatic heterocycles. The third-order valence-electron chi connectivity index (χ3n) is 3.16. The molecule has 1 atom stereocenters. The summed E-state index contributed by atoms with van der Waals surface area (Å²) in [4.78, 5) is 2.41. The van der Waals surface area contributed by atoms with Crippen molar-refractivity contribution in [3.05, 3.63) is 0 Å². The lowest BCUT2D eigenvalue weighted by Crippen LogP contribution is -2.38. The predicted molar refractivity (Wildman–Crippen MR) is 58.0 cm³/mol. The Bertz CT molecular complexity index is 217. The first-order chi connectivity index (χ1) is 6.61. The molecule has 1 N–H and O–H groups in total. The predicted octanol–water partition coefficient (Wildman–Crippen LogP) is 1.36. The highest BCUT2D eigenvalue weighted by atomic mass is 15.1. The SMILES string of the molecule is CNC(C)(C#N)CCCN(C)C1CC1. The molecule has 14 heavy (non-hydrogen) atoms. The number of nitrogens with one attached hydrogen (secondary N) is 1. The highest BCUT2D eigenvalue weighted by Gasteiger charge is 2.26. The average Bonchev–Trinajstić information content (AvgIpc) is 3.00. The molecule has 0 heterocycles. The van der Waals surface area contributed by atoms with Crippen LogP contribution in [-0.2, 0) is 0 Å². The van der Waals surface area contributed by atoms with Gasteiger partial charge in [0.2, 0.25) is 0 Å². The minimum atomic E-state index is -0.343. The van der Waals surface area contributed by atoms with Crippen molar-refractivity contribution in [2.45, 2.75) is 44.2 Å². The monoisotopic (exact) mass is 195 g/mol. The minimum Gasteiger partial charge on any atom is -0.303 e. The molecule has 1 aliphatic rings. The van der Waals surface area contributed by atoms with Gasteiger partial charge in [0.05, 0.1) is 6.07 Å². The zero-order chi connectivity index (χ0) is 10.6. The molecule has 0 bridgehead atoms. The molecule has 0 aromatic carbocycles. The van der Waals surface area contributed by atoms with E-state index in [0.717, 1.165) is 25.4 Å². The Balaban J connectivity index is 2.16. The van der Waals surface area contributed by atoms with Crippen LogP contribution >= 0.6 is 0 Å². The molecule has 1 unspecified atom stereocenters. The average molecular weight is 195 g/mol. The van der Waals surface area contributed by atoms with E-state index in [0.29, 0.717) is 0 Å². The van der Waals surface area contributed by atoms with Gasteiger partial charge in [-0.15, -0.1) is 0 Å². The highest BCUT2D eigenvalue weighted by Crippen LogP contribution is 2.25. The first-order valence-corrected chi connectivity index (χ1v) is 5.42. The zero-order valence-electron chi connectivity index (χ0n) is 9.51. The third kappa shape index (κ3) is 3.28. The molecule has 3 nitrogen and oxygen atoms in total. The second kappa shape index (κ2) is 4.77. The van der Waals surface area contributed by atoms with Crippen molar-refractivity contribution in [1.82, 2.24) is 10.2 Å². The van der Waals surface area contributed by atoms with Crippen LogP contribution in [0, 0.1) is 11.3 Å². The van der Waals surface area contributed by atoms with Crippen molar-refractivity contribution < 1.29 is 0 Å². The van der Waals surface area contributed by atoms with Crippen LogP contribution in [0.4, 0.5) is 0 Å². The van der Waals surface area contributed by atoms with Crippen molar-refractivity contribution >= 4 is 0 Å². The first-order valence-electron chi connectivity index (χ1n) is 5.42. The number of hydrogen-bond acceptors (Lipinski definition) is 3. The van der Waals surface area contributed by atoms with Crippen LogP contribution in [-0.4, -0.2) is 37.1 Å². The lowest BCUT2D eigenvalue weighted by molar-refractivity contribution is 0.300.